The molecule has 0 aliphatic rings. The largest absolute Gasteiger partial charge is 0.0508 e. The third-order valence-electron chi connectivity index (χ3n) is 2.37. The van der Waals surface area contributed by atoms with E-state index >= 15 is 0 Å². The summed E-state index contributed by atoms with van der Waals surface area (Å²) in [6.07, 6.45) is 0. The maximum absolute atomic E-state index is 3.64. The maximum Gasteiger partial charge on any atom is 0.0408 e. The second kappa shape index (κ2) is 6.92. The lowest BCUT2D eigenvalue weighted by Crippen LogP contribution is -1.88. The van der Waals surface area contributed by atoms with Gasteiger partial charge in [-0.05, 0) is 114 Å². The molecule has 7 heteroatoms. The molecule has 0 aliphatic heterocycles. The molecule has 0 bridgehead atoms. The zero-order valence-corrected chi connectivity index (χ0v) is 20.0. The number of benzene rings is 2. The minimum Gasteiger partial charge on any atom is -0.0508 e. The molecular formula is C12H3Br7. The van der Waals surface area contributed by atoms with Gasteiger partial charge in [0.05, 0.1) is 0 Å². The van der Waals surface area contributed by atoms with Crippen LogP contribution in [0.25, 0.3) is 11.1 Å². The van der Waals surface area contributed by atoms with Crippen LogP contribution in [0.5, 0.6) is 0 Å². The average molecular weight is 706 g/mol. The summed E-state index contributed by atoms with van der Waals surface area (Å²) < 4.78 is 6.96. The lowest BCUT2D eigenvalue weighted by molar-refractivity contribution is 1.45. The van der Waals surface area contributed by atoms with Crippen LogP contribution in [-0.4, -0.2) is 0 Å². The first-order valence-electron chi connectivity index (χ1n) is 4.80. The van der Waals surface area contributed by atoms with Crippen LogP contribution in [0.15, 0.2) is 49.5 Å². The average Bonchev–Trinajstić information content (AvgIpc) is 2.33. The molecule has 0 unspecified atom stereocenters. The van der Waals surface area contributed by atoms with Gasteiger partial charge in [-0.2, -0.15) is 0 Å². The van der Waals surface area contributed by atoms with Gasteiger partial charge in [-0.25, -0.2) is 0 Å². The Bertz CT molecular complexity index is 638. The Labute approximate surface area is 170 Å². The smallest absolute Gasteiger partial charge is 0.0408 e. The van der Waals surface area contributed by atoms with E-state index in [9.17, 15) is 0 Å². The van der Waals surface area contributed by atoms with Crippen molar-refractivity contribution in [2.24, 2.45) is 0 Å². The van der Waals surface area contributed by atoms with Gasteiger partial charge in [0.25, 0.3) is 0 Å². The van der Waals surface area contributed by atoms with Gasteiger partial charge in [0.15, 0.2) is 0 Å². The van der Waals surface area contributed by atoms with Crippen molar-refractivity contribution in [3.63, 3.8) is 0 Å². The SMILES string of the molecule is Brc1cc(Br)c(Br)c(-c2c(Br)c(Br)cc(Br)c2Br)c1. The summed E-state index contributed by atoms with van der Waals surface area (Å²) in [5.41, 5.74) is 2.14. The molecule has 0 amide bonds. The van der Waals surface area contributed by atoms with Crippen molar-refractivity contribution in [1.29, 1.82) is 0 Å². The summed E-state index contributed by atoms with van der Waals surface area (Å²) in [6.45, 7) is 0. The van der Waals surface area contributed by atoms with Gasteiger partial charge in [-0.15, -0.1) is 0 Å². The molecule has 0 N–H and O–H groups in total. The van der Waals surface area contributed by atoms with Crippen LogP contribution in [0, 0.1) is 0 Å². The Kier molecular flexibility index (Phi) is 6.25. The van der Waals surface area contributed by atoms with Crippen LogP contribution in [-0.2, 0) is 0 Å². The van der Waals surface area contributed by atoms with Crippen molar-refractivity contribution < 1.29 is 0 Å². The Balaban J connectivity index is 2.87. The summed E-state index contributed by atoms with van der Waals surface area (Å²) in [7, 11) is 0. The van der Waals surface area contributed by atoms with E-state index < -0.39 is 0 Å². The van der Waals surface area contributed by atoms with E-state index in [1.807, 2.05) is 12.1 Å². The molecule has 2 aromatic rings. The standard InChI is InChI=1S/C12H3Br7/c13-4-1-5(10(17)6(14)2-4)9-11(18)7(15)3-8(16)12(9)19/h1-3H. The molecule has 2 rings (SSSR count). The van der Waals surface area contributed by atoms with Crippen molar-refractivity contribution in [2.45, 2.75) is 0 Å². The second-order valence-electron chi connectivity index (χ2n) is 3.59. The predicted molar refractivity (Wildman–Crippen MR) is 106 cm³/mol. The third-order valence-corrected chi connectivity index (χ3v) is 8.81. The van der Waals surface area contributed by atoms with Gasteiger partial charge < -0.3 is 0 Å². The first-order valence-corrected chi connectivity index (χ1v) is 10.4. The van der Waals surface area contributed by atoms with Crippen molar-refractivity contribution >= 4 is 112 Å². The Morgan fingerprint density at radius 1 is 0.526 bits per heavy atom. The zero-order chi connectivity index (χ0) is 14.3. The maximum atomic E-state index is 3.64. The molecule has 0 saturated carbocycles. The molecule has 0 saturated heterocycles. The summed E-state index contributed by atoms with van der Waals surface area (Å²) >= 11 is 25.1. The minimum absolute atomic E-state index is 0.987. The highest BCUT2D eigenvalue weighted by molar-refractivity contribution is 9.14. The molecule has 0 aliphatic carbocycles. The lowest BCUT2D eigenvalue weighted by atomic mass is 10.1. The molecule has 100 valence electrons. The van der Waals surface area contributed by atoms with Gasteiger partial charge in [-0.1, -0.05) is 15.9 Å². The summed E-state index contributed by atoms with van der Waals surface area (Å²) in [5.74, 6) is 0. The molecule has 0 heterocycles. The Morgan fingerprint density at radius 2 is 1.00 bits per heavy atom. The van der Waals surface area contributed by atoms with Crippen molar-refractivity contribution in [3.05, 3.63) is 49.5 Å². The molecule has 0 radical (unpaired) electrons. The number of halogens is 7. The van der Waals surface area contributed by atoms with E-state index in [2.05, 4.69) is 118 Å². The Morgan fingerprint density at radius 3 is 1.53 bits per heavy atom. The normalized spacial score (nSPS) is 10.9. The van der Waals surface area contributed by atoms with Gasteiger partial charge >= 0.3 is 0 Å². The van der Waals surface area contributed by atoms with Gasteiger partial charge in [-0.3, -0.25) is 0 Å². The number of hydrogen-bond donors (Lipinski definition) is 0. The lowest BCUT2D eigenvalue weighted by Gasteiger charge is -2.14. The van der Waals surface area contributed by atoms with E-state index in [-0.39, 0.29) is 0 Å². The molecule has 0 fully saturated rings. The van der Waals surface area contributed by atoms with E-state index in [0.717, 1.165) is 42.4 Å². The van der Waals surface area contributed by atoms with Crippen molar-refractivity contribution in [1.82, 2.24) is 0 Å². The van der Waals surface area contributed by atoms with E-state index in [1.165, 1.54) is 0 Å². The first kappa shape index (κ1) is 17.2. The van der Waals surface area contributed by atoms with Crippen molar-refractivity contribution in [3.8, 4) is 11.1 Å². The predicted octanol–water partition coefficient (Wildman–Crippen LogP) is 8.69. The first-order chi connectivity index (χ1) is 8.82. The van der Waals surface area contributed by atoms with E-state index in [1.54, 1.807) is 0 Å². The second-order valence-corrected chi connectivity index (χ2v) is 9.45. The molecule has 0 nitrogen and oxygen atoms in total. The zero-order valence-electron chi connectivity index (χ0n) is 8.88. The summed E-state index contributed by atoms with van der Waals surface area (Å²) in [5, 5.41) is 0. The highest BCUT2D eigenvalue weighted by Crippen LogP contribution is 2.47. The van der Waals surface area contributed by atoms with Crippen LogP contribution < -0.4 is 0 Å². The van der Waals surface area contributed by atoms with Crippen LogP contribution in [0.1, 0.15) is 0 Å². The highest BCUT2D eigenvalue weighted by atomic mass is 79.9. The van der Waals surface area contributed by atoms with Crippen LogP contribution in [0.4, 0.5) is 0 Å². The highest BCUT2D eigenvalue weighted by Gasteiger charge is 2.18. The fourth-order valence-electron chi connectivity index (χ4n) is 1.55. The van der Waals surface area contributed by atoms with Gasteiger partial charge in [0.2, 0.25) is 0 Å². The number of rotatable bonds is 1. The van der Waals surface area contributed by atoms with Gasteiger partial charge in [0.1, 0.15) is 0 Å². The third kappa shape index (κ3) is 3.59. The fourth-order valence-corrected chi connectivity index (χ4v) is 5.68. The Hall–Kier alpha value is 1.80. The van der Waals surface area contributed by atoms with Crippen LogP contribution in [0.3, 0.4) is 0 Å². The topological polar surface area (TPSA) is 0 Å². The fraction of sp³-hybridized carbons (Fsp3) is 0. The van der Waals surface area contributed by atoms with Crippen LogP contribution in [0.2, 0.25) is 0 Å². The summed E-state index contributed by atoms with van der Waals surface area (Å²) in [4.78, 5) is 0. The molecule has 0 aromatic heterocycles. The quantitative estimate of drug-likeness (QED) is 0.261. The van der Waals surface area contributed by atoms with Gasteiger partial charge in [0, 0.05) is 42.4 Å². The minimum atomic E-state index is 0.987. The molecular weight excluding hydrogens is 703 g/mol. The number of hydrogen-bond acceptors (Lipinski definition) is 0. The summed E-state index contributed by atoms with van der Waals surface area (Å²) in [6, 6.07) is 6.07. The van der Waals surface area contributed by atoms with E-state index in [0.29, 0.717) is 0 Å². The van der Waals surface area contributed by atoms with Crippen LogP contribution >= 0.6 is 112 Å². The monoisotopic (exact) mass is 699 g/mol. The molecule has 19 heavy (non-hydrogen) atoms. The molecule has 0 atom stereocenters. The molecule has 2 aromatic carbocycles. The molecule has 0 spiro atoms. The van der Waals surface area contributed by atoms with Crippen molar-refractivity contribution in [2.75, 3.05) is 0 Å². The van der Waals surface area contributed by atoms with E-state index in [4.69, 9.17) is 0 Å².